The number of aliphatic hydroxyl groups is 1. The van der Waals surface area contributed by atoms with Crippen molar-refractivity contribution in [2.24, 2.45) is 5.92 Å². The Morgan fingerprint density at radius 1 is 0.881 bits per heavy atom. The second-order valence-electron chi connectivity index (χ2n) is 13.2. The summed E-state index contributed by atoms with van der Waals surface area (Å²) in [6.07, 6.45) is 12.5. The standard InChI is InChI=1S/C34H45FN4O3/c1-33(26-10-8-6-4-3-5-7-9-11-26)28-22-24(13-15-30(28)37(2)36-33)27-14-12-25(23-29(27)35)31(40)38-18-20-39(21-19-38)32(41)34(42)16-17-34/h12-15,22-23,26,36,42H,3-11,16-21H2,1-2H3. The van der Waals surface area contributed by atoms with Crippen molar-refractivity contribution in [3.05, 3.63) is 53.3 Å². The van der Waals surface area contributed by atoms with E-state index in [0.717, 1.165) is 11.3 Å². The van der Waals surface area contributed by atoms with Crippen molar-refractivity contribution in [2.45, 2.75) is 88.7 Å². The van der Waals surface area contributed by atoms with E-state index in [-0.39, 0.29) is 17.4 Å². The van der Waals surface area contributed by atoms with E-state index in [2.05, 4.69) is 36.5 Å². The number of anilines is 1. The molecule has 7 nitrogen and oxygen atoms in total. The smallest absolute Gasteiger partial charge is 0.254 e. The van der Waals surface area contributed by atoms with Crippen molar-refractivity contribution < 1.29 is 19.1 Å². The second kappa shape index (κ2) is 11.6. The highest BCUT2D eigenvalue weighted by atomic mass is 19.1. The lowest BCUT2D eigenvalue weighted by Gasteiger charge is -2.36. The van der Waals surface area contributed by atoms with Crippen LogP contribution in [0.4, 0.5) is 10.1 Å². The second-order valence-corrected chi connectivity index (χ2v) is 13.2. The van der Waals surface area contributed by atoms with Crippen LogP contribution in [0.3, 0.4) is 0 Å². The molecule has 2 aromatic rings. The molecule has 2 aliphatic carbocycles. The van der Waals surface area contributed by atoms with Crippen molar-refractivity contribution in [2.75, 3.05) is 38.2 Å². The van der Waals surface area contributed by atoms with Gasteiger partial charge in [0.05, 0.1) is 11.2 Å². The predicted molar refractivity (Wildman–Crippen MR) is 162 cm³/mol. The van der Waals surface area contributed by atoms with E-state index in [4.69, 9.17) is 0 Å². The third kappa shape index (κ3) is 5.55. The molecule has 0 spiro atoms. The molecule has 42 heavy (non-hydrogen) atoms. The molecule has 1 atom stereocenters. The first-order chi connectivity index (χ1) is 20.2. The third-order valence-electron chi connectivity index (χ3n) is 10.2. The summed E-state index contributed by atoms with van der Waals surface area (Å²) in [7, 11) is 2.06. The number of nitrogens with zero attached hydrogens (tertiary/aromatic N) is 3. The van der Waals surface area contributed by atoms with Gasteiger partial charge < -0.3 is 19.9 Å². The molecule has 3 fully saturated rings. The quantitative estimate of drug-likeness (QED) is 0.495. The first-order valence-electron chi connectivity index (χ1n) is 16.0. The van der Waals surface area contributed by atoms with Crippen LogP contribution < -0.4 is 10.4 Å². The van der Waals surface area contributed by atoms with Gasteiger partial charge in [-0.2, -0.15) is 0 Å². The molecule has 226 valence electrons. The molecule has 6 rings (SSSR count). The number of piperazine rings is 1. The number of benzene rings is 2. The van der Waals surface area contributed by atoms with E-state index < -0.39 is 11.4 Å². The molecule has 2 aromatic carbocycles. The Bertz CT molecular complexity index is 1330. The highest BCUT2D eigenvalue weighted by Crippen LogP contribution is 2.46. The Labute approximate surface area is 249 Å². The predicted octanol–water partition coefficient (Wildman–Crippen LogP) is 5.61. The third-order valence-corrected chi connectivity index (χ3v) is 10.2. The number of rotatable bonds is 4. The van der Waals surface area contributed by atoms with Crippen molar-refractivity contribution in [3.8, 4) is 11.1 Å². The van der Waals surface area contributed by atoms with Gasteiger partial charge in [-0.25, -0.2) is 9.82 Å². The maximum atomic E-state index is 15.7. The topological polar surface area (TPSA) is 76.1 Å². The van der Waals surface area contributed by atoms with E-state index >= 15 is 4.39 Å². The fourth-order valence-electron chi connectivity index (χ4n) is 7.38. The van der Waals surface area contributed by atoms with Gasteiger partial charge in [0, 0.05) is 44.4 Å². The summed E-state index contributed by atoms with van der Waals surface area (Å²) in [6, 6.07) is 11.0. The van der Waals surface area contributed by atoms with Crippen molar-refractivity contribution in [1.29, 1.82) is 0 Å². The van der Waals surface area contributed by atoms with E-state index in [1.807, 2.05) is 6.07 Å². The molecule has 0 aromatic heterocycles. The highest BCUT2D eigenvalue weighted by Gasteiger charge is 2.50. The van der Waals surface area contributed by atoms with Gasteiger partial charge in [0.2, 0.25) is 0 Å². The minimum absolute atomic E-state index is 0.218. The normalized spacial score (nSPS) is 24.8. The zero-order chi connectivity index (χ0) is 29.5. The lowest BCUT2D eigenvalue weighted by atomic mass is 9.74. The molecule has 8 heteroatoms. The monoisotopic (exact) mass is 576 g/mol. The molecule has 0 radical (unpaired) electrons. The van der Waals surface area contributed by atoms with Crippen LogP contribution in [-0.4, -0.2) is 65.5 Å². The fraction of sp³-hybridized carbons (Fsp3) is 0.588. The molecule has 2 N–H and O–H groups in total. The minimum atomic E-state index is -1.19. The van der Waals surface area contributed by atoms with Gasteiger partial charge in [0.25, 0.3) is 11.8 Å². The number of carbonyl (C=O) groups excluding carboxylic acids is 2. The van der Waals surface area contributed by atoms with Crippen LogP contribution in [0.2, 0.25) is 0 Å². The lowest BCUT2D eigenvalue weighted by molar-refractivity contribution is -0.143. The van der Waals surface area contributed by atoms with Gasteiger partial charge in [-0.05, 0) is 73.9 Å². The number of nitrogens with one attached hydrogen (secondary N) is 1. The van der Waals surface area contributed by atoms with Gasteiger partial charge in [-0.15, -0.1) is 0 Å². The Hall–Kier alpha value is -2.97. The number of carbonyl (C=O) groups is 2. The van der Waals surface area contributed by atoms with Crippen LogP contribution in [0.1, 0.15) is 93.5 Å². The molecule has 0 bridgehead atoms. The van der Waals surface area contributed by atoms with Gasteiger partial charge in [0.1, 0.15) is 11.4 Å². The Balaban J connectivity index is 1.19. The van der Waals surface area contributed by atoms with E-state index in [9.17, 15) is 14.7 Å². The number of hydrogen-bond acceptors (Lipinski definition) is 5. The highest BCUT2D eigenvalue weighted by molar-refractivity contribution is 5.95. The molecule has 2 amide bonds. The summed E-state index contributed by atoms with van der Waals surface area (Å²) in [5.41, 5.74) is 6.33. The van der Waals surface area contributed by atoms with Gasteiger partial charge in [-0.3, -0.25) is 9.59 Å². The Morgan fingerprint density at radius 2 is 1.50 bits per heavy atom. The summed E-state index contributed by atoms with van der Waals surface area (Å²) < 4.78 is 15.7. The number of halogens is 1. The first-order valence-corrected chi connectivity index (χ1v) is 16.0. The maximum absolute atomic E-state index is 15.7. The zero-order valence-electron chi connectivity index (χ0n) is 25.1. The Morgan fingerprint density at radius 3 is 2.12 bits per heavy atom. The molecule has 2 aliphatic heterocycles. The van der Waals surface area contributed by atoms with Crippen LogP contribution in [0, 0.1) is 11.7 Å². The molecule has 1 saturated heterocycles. The van der Waals surface area contributed by atoms with Gasteiger partial charge in [0.15, 0.2) is 0 Å². The summed E-state index contributed by atoms with van der Waals surface area (Å²) in [4.78, 5) is 29.0. The van der Waals surface area contributed by atoms with E-state index in [1.165, 1.54) is 69.4 Å². The summed E-state index contributed by atoms with van der Waals surface area (Å²) in [6.45, 7) is 3.81. The average molecular weight is 577 g/mol. The summed E-state index contributed by atoms with van der Waals surface area (Å²) in [5.74, 6) is -0.383. The van der Waals surface area contributed by atoms with Crippen molar-refractivity contribution in [3.63, 3.8) is 0 Å². The molecule has 4 aliphatic rings. The van der Waals surface area contributed by atoms with Crippen molar-refractivity contribution >= 4 is 17.5 Å². The molecule has 1 unspecified atom stereocenters. The fourth-order valence-corrected chi connectivity index (χ4v) is 7.38. The molecular weight excluding hydrogens is 531 g/mol. The molecule has 2 saturated carbocycles. The summed E-state index contributed by atoms with van der Waals surface area (Å²) >= 11 is 0. The van der Waals surface area contributed by atoms with Crippen LogP contribution in [0.25, 0.3) is 11.1 Å². The molecular formula is C34H45FN4O3. The van der Waals surface area contributed by atoms with Gasteiger partial charge in [-0.1, -0.05) is 57.1 Å². The SMILES string of the molecule is CN1NC(C)(C2CCCCCCCCC2)c2cc(-c3ccc(C(=O)N4CCN(C(=O)C5(O)CC5)CC4)cc3F)ccc21. The van der Waals surface area contributed by atoms with Crippen LogP contribution >= 0.6 is 0 Å². The van der Waals surface area contributed by atoms with Crippen LogP contribution in [0.15, 0.2) is 36.4 Å². The zero-order valence-corrected chi connectivity index (χ0v) is 25.1. The molecule has 2 heterocycles. The largest absolute Gasteiger partial charge is 0.380 e. The van der Waals surface area contributed by atoms with E-state index in [0.29, 0.717) is 56.1 Å². The van der Waals surface area contributed by atoms with Crippen molar-refractivity contribution in [1.82, 2.24) is 15.2 Å². The number of amides is 2. The van der Waals surface area contributed by atoms with Gasteiger partial charge >= 0.3 is 0 Å². The Kier molecular flexibility index (Phi) is 8.05. The first kappa shape index (κ1) is 29.1. The maximum Gasteiger partial charge on any atom is 0.254 e. The van der Waals surface area contributed by atoms with Crippen LogP contribution in [-0.2, 0) is 10.3 Å². The minimum Gasteiger partial charge on any atom is -0.380 e. The lowest BCUT2D eigenvalue weighted by Crippen LogP contribution is -2.53. The van der Waals surface area contributed by atoms with Crippen LogP contribution in [0.5, 0.6) is 0 Å². The van der Waals surface area contributed by atoms with E-state index in [1.54, 1.807) is 21.9 Å². The number of hydrazine groups is 1. The average Bonchev–Trinajstić information content (AvgIpc) is 3.70. The number of hydrogen-bond donors (Lipinski definition) is 2. The number of fused-ring (bicyclic) bond motifs is 1. The summed E-state index contributed by atoms with van der Waals surface area (Å²) in [5, 5.41) is 12.3.